The van der Waals surface area contributed by atoms with Gasteiger partial charge >= 0.3 is 11.9 Å². The van der Waals surface area contributed by atoms with Gasteiger partial charge in [0.25, 0.3) is 0 Å². The maximum atomic E-state index is 13.2. The Bertz CT molecular complexity index is 1620. The minimum Gasteiger partial charge on any atom is -0.485 e. The molecule has 3 heterocycles. The predicted molar refractivity (Wildman–Crippen MR) is 187 cm³/mol. The van der Waals surface area contributed by atoms with Crippen molar-refractivity contribution in [1.29, 1.82) is 5.26 Å². The van der Waals surface area contributed by atoms with Gasteiger partial charge in [-0.05, 0) is 95.9 Å². The quantitative estimate of drug-likeness (QED) is 0.306. The summed E-state index contributed by atoms with van der Waals surface area (Å²) in [6.07, 6.45) is 5.02. The van der Waals surface area contributed by atoms with Gasteiger partial charge in [0.2, 0.25) is 11.8 Å². The van der Waals surface area contributed by atoms with Crippen LogP contribution in [0.5, 0.6) is 5.75 Å². The molecule has 2 saturated heterocycles. The summed E-state index contributed by atoms with van der Waals surface area (Å²) in [4.78, 5) is 52.9. The van der Waals surface area contributed by atoms with Crippen LogP contribution in [0.25, 0.3) is 0 Å². The molecule has 3 N–H and O–H groups in total. The van der Waals surface area contributed by atoms with Gasteiger partial charge in [0, 0.05) is 24.6 Å². The van der Waals surface area contributed by atoms with Crippen molar-refractivity contribution in [3.8, 4) is 11.8 Å². The second kappa shape index (κ2) is 16.3. The van der Waals surface area contributed by atoms with E-state index < -0.39 is 41.8 Å². The summed E-state index contributed by atoms with van der Waals surface area (Å²) in [5, 5.41) is 32.5. The first kappa shape index (κ1) is 37.8. The first-order valence-corrected chi connectivity index (χ1v) is 18.1. The number of nitrogens with one attached hydrogen (secondary N) is 1. The summed E-state index contributed by atoms with van der Waals surface area (Å²) in [5.74, 6) is -0.634. The fourth-order valence-electron chi connectivity index (χ4n) is 8.03. The summed E-state index contributed by atoms with van der Waals surface area (Å²) >= 11 is 0. The van der Waals surface area contributed by atoms with Gasteiger partial charge in [-0.2, -0.15) is 5.26 Å². The summed E-state index contributed by atoms with van der Waals surface area (Å²) in [5.41, 5.74) is 1.54. The van der Waals surface area contributed by atoms with E-state index in [1.165, 1.54) is 0 Å². The van der Waals surface area contributed by atoms with Crippen molar-refractivity contribution < 1.29 is 38.9 Å². The summed E-state index contributed by atoms with van der Waals surface area (Å²) in [6.45, 7) is 7.98. The second-order valence-electron chi connectivity index (χ2n) is 14.5. The number of ether oxygens (including phenoxy) is 2. The Morgan fingerprint density at radius 3 is 2.53 bits per heavy atom. The highest BCUT2D eigenvalue weighted by Gasteiger charge is 2.50. The van der Waals surface area contributed by atoms with Crippen LogP contribution in [0.1, 0.15) is 95.4 Å². The van der Waals surface area contributed by atoms with E-state index in [1.807, 2.05) is 44.2 Å². The van der Waals surface area contributed by atoms with Crippen molar-refractivity contribution in [1.82, 2.24) is 15.1 Å². The lowest BCUT2D eigenvalue weighted by molar-refractivity contribution is -0.151. The smallest absolute Gasteiger partial charge is 0.326 e. The van der Waals surface area contributed by atoms with E-state index in [-0.39, 0.29) is 36.4 Å². The van der Waals surface area contributed by atoms with Crippen molar-refractivity contribution in [3.05, 3.63) is 65.2 Å². The molecule has 3 aliphatic heterocycles. The molecule has 0 bridgehead atoms. The SMILES string of the molecule is CC1(C)Oc2ccc(C#N)cc2[C@@H](N2CCCC2=O)[C@@H]1O.CCOC(=O)[C@H](CCc1ccccc1)N[C@@H](C)C(=O)N1[C@H](C(=O)O)C[C@@H]2CCC[C@@H]21. The Labute approximate surface area is 299 Å². The van der Waals surface area contributed by atoms with Crippen molar-refractivity contribution in [3.63, 3.8) is 0 Å². The zero-order valence-corrected chi connectivity index (χ0v) is 29.9. The molecule has 0 aromatic heterocycles. The second-order valence-corrected chi connectivity index (χ2v) is 14.5. The highest BCUT2D eigenvalue weighted by molar-refractivity contribution is 5.88. The zero-order chi connectivity index (χ0) is 36.9. The standard InChI is InChI=1S/C23H32N2O5.C16H18N2O3/c1-3-30-23(29)18(13-12-16-8-5-4-6-9-16)24-15(2)21(26)25-19-11-7-10-17(19)14-20(25)22(27)28;1-16(2)15(20)14(18-7-3-4-13(18)19)11-8-10(9-17)5-6-12(11)21-16/h4-6,8-9,15,17-20,24H,3,7,10-14H2,1-2H3,(H,27,28);5-6,8,14-15,20H,3-4,7H2,1-2H3/t15-,17-,18-,19-,20-;14-,15+/m01/s1. The molecule has 274 valence electrons. The van der Waals surface area contributed by atoms with Crippen LogP contribution in [-0.2, 0) is 30.3 Å². The monoisotopic (exact) mass is 702 g/mol. The van der Waals surface area contributed by atoms with Gasteiger partial charge in [-0.15, -0.1) is 0 Å². The molecular formula is C39H50N4O8. The maximum Gasteiger partial charge on any atom is 0.326 e. The number of fused-ring (bicyclic) bond motifs is 2. The third-order valence-corrected chi connectivity index (χ3v) is 10.6. The highest BCUT2D eigenvalue weighted by atomic mass is 16.5. The molecule has 0 spiro atoms. The van der Waals surface area contributed by atoms with Crippen molar-refractivity contribution in [2.24, 2.45) is 5.92 Å². The molecule has 51 heavy (non-hydrogen) atoms. The number of carboxylic acids is 1. The molecule has 0 unspecified atom stereocenters. The topological polar surface area (TPSA) is 170 Å². The van der Waals surface area contributed by atoms with Crippen molar-refractivity contribution in [2.45, 2.75) is 121 Å². The lowest BCUT2D eigenvalue weighted by Crippen LogP contribution is -2.55. The van der Waals surface area contributed by atoms with Gasteiger partial charge in [-0.3, -0.25) is 19.7 Å². The molecular weight excluding hydrogens is 652 g/mol. The Balaban J connectivity index is 0.000000210. The third kappa shape index (κ3) is 8.37. The predicted octanol–water partition coefficient (Wildman–Crippen LogP) is 4.14. The fraction of sp³-hybridized carbons (Fsp3) is 0.564. The minimum atomic E-state index is -0.948. The lowest BCUT2D eigenvalue weighted by atomic mass is 9.85. The number of aryl methyl sites for hydroxylation is 1. The molecule has 4 aliphatic rings. The fourth-order valence-corrected chi connectivity index (χ4v) is 8.03. The molecule has 2 amide bonds. The van der Waals surface area contributed by atoms with Crippen LogP contribution in [0.3, 0.4) is 0 Å². The zero-order valence-electron chi connectivity index (χ0n) is 29.9. The number of hydrogen-bond donors (Lipinski definition) is 3. The van der Waals surface area contributed by atoms with Gasteiger partial charge in [0.05, 0.1) is 30.3 Å². The number of likely N-dealkylation sites (tertiary alicyclic amines) is 2. The Kier molecular flexibility index (Phi) is 12.0. The number of benzene rings is 2. The van der Waals surface area contributed by atoms with Gasteiger partial charge in [0.15, 0.2) is 0 Å². The van der Waals surface area contributed by atoms with Gasteiger partial charge in [0.1, 0.15) is 29.5 Å². The Hall–Kier alpha value is -4.47. The molecule has 1 aliphatic carbocycles. The number of esters is 1. The number of carboxylic acid groups (broad SMARTS) is 1. The Morgan fingerprint density at radius 1 is 1.14 bits per heavy atom. The number of carbonyl (C=O) groups is 4. The summed E-state index contributed by atoms with van der Waals surface area (Å²) in [6, 6.07) is 14.5. The molecule has 0 radical (unpaired) electrons. The van der Waals surface area contributed by atoms with Crippen LogP contribution >= 0.6 is 0 Å². The van der Waals surface area contributed by atoms with Crippen molar-refractivity contribution in [2.75, 3.05) is 13.2 Å². The molecule has 12 nitrogen and oxygen atoms in total. The number of aliphatic carboxylic acids is 1. The molecule has 2 aromatic carbocycles. The van der Waals surface area contributed by atoms with Crippen LogP contribution in [0, 0.1) is 17.2 Å². The van der Waals surface area contributed by atoms with E-state index in [9.17, 15) is 29.4 Å². The molecule has 2 aromatic rings. The van der Waals surface area contributed by atoms with Crippen LogP contribution in [0.15, 0.2) is 48.5 Å². The van der Waals surface area contributed by atoms with Gasteiger partial charge in [-0.25, -0.2) is 4.79 Å². The maximum absolute atomic E-state index is 13.2. The van der Waals surface area contributed by atoms with E-state index in [4.69, 9.17) is 14.7 Å². The number of aliphatic hydroxyl groups excluding tert-OH is 1. The Morgan fingerprint density at radius 2 is 1.88 bits per heavy atom. The van der Waals surface area contributed by atoms with E-state index in [2.05, 4.69) is 11.4 Å². The number of rotatable bonds is 10. The van der Waals surface area contributed by atoms with Gasteiger partial charge < -0.3 is 29.5 Å². The third-order valence-electron chi connectivity index (χ3n) is 10.6. The molecule has 7 atom stereocenters. The number of aliphatic hydroxyl groups is 1. The van der Waals surface area contributed by atoms with Crippen LogP contribution in [0.4, 0.5) is 0 Å². The first-order valence-electron chi connectivity index (χ1n) is 18.1. The van der Waals surface area contributed by atoms with Crippen molar-refractivity contribution >= 4 is 23.8 Å². The summed E-state index contributed by atoms with van der Waals surface area (Å²) < 4.78 is 11.1. The van der Waals surface area contributed by atoms with E-state index >= 15 is 0 Å². The molecule has 3 fully saturated rings. The molecule has 1 saturated carbocycles. The average molecular weight is 703 g/mol. The normalized spacial score (nSPS) is 25.7. The lowest BCUT2D eigenvalue weighted by Gasteiger charge is -2.45. The highest BCUT2D eigenvalue weighted by Crippen LogP contribution is 2.44. The first-order chi connectivity index (χ1) is 24.4. The molecule has 12 heteroatoms. The van der Waals surface area contributed by atoms with Crippen LogP contribution < -0.4 is 10.1 Å². The van der Waals surface area contributed by atoms with E-state index in [0.29, 0.717) is 43.5 Å². The number of carbonyl (C=O) groups excluding carboxylic acids is 3. The van der Waals surface area contributed by atoms with E-state index in [1.54, 1.807) is 41.8 Å². The van der Waals surface area contributed by atoms with Crippen LogP contribution in [0.2, 0.25) is 0 Å². The molecule has 6 rings (SSSR count). The van der Waals surface area contributed by atoms with E-state index in [0.717, 1.165) is 36.8 Å². The summed E-state index contributed by atoms with van der Waals surface area (Å²) in [7, 11) is 0. The number of nitrogens with zero attached hydrogens (tertiary/aromatic N) is 3. The van der Waals surface area contributed by atoms with Crippen LogP contribution in [-0.4, -0.2) is 92.8 Å². The minimum absolute atomic E-state index is 0.00629. The number of nitriles is 1. The number of amides is 2. The number of hydrogen-bond acceptors (Lipinski definition) is 9. The largest absolute Gasteiger partial charge is 0.485 e. The van der Waals surface area contributed by atoms with Gasteiger partial charge in [-0.1, -0.05) is 36.8 Å². The average Bonchev–Trinajstić information content (AvgIpc) is 3.84.